The van der Waals surface area contributed by atoms with Crippen LogP contribution in [0.25, 0.3) is 10.4 Å². The fraction of sp³-hybridized carbons (Fsp3) is 0.303. The number of hydrogen-bond donors (Lipinski definition) is 3. The average Bonchev–Trinajstić information content (AvgIpc) is 3.46. The number of amides is 4. The minimum atomic E-state index is -0.927. The Balaban J connectivity index is 1.94. The molecule has 17 heteroatoms. The van der Waals surface area contributed by atoms with E-state index in [1.165, 1.54) is 32.4 Å². The molecule has 0 aliphatic heterocycles. The van der Waals surface area contributed by atoms with Crippen molar-refractivity contribution in [3.63, 3.8) is 0 Å². The Bertz CT molecular complexity index is 1760. The van der Waals surface area contributed by atoms with Gasteiger partial charge in [0, 0.05) is 42.4 Å². The molecular formula is C33H37F2N7O7S. The van der Waals surface area contributed by atoms with Crippen LogP contribution in [0.1, 0.15) is 28.4 Å². The van der Waals surface area contributed by atoms with E-state index < -0.39 is 41.8 Å². The lowest BCUT2D eigenvalue weighted by atomic mass is 10.0. The number of nitrogens with one attached hydrogen (secondary N) is 3. The Morgan fingerprint density at radius 2 is 1.62 bits per heavy atom. The van der Waals surface area contributed by atoms with Crippen LogP contribution in [0.15, 0.2) is 54.6 Å². The number of likely N-dealkylation sites (N-methyl/N-ethyl adjacent to an activating group) is 1. The van der Waals surface area contributed by atoms with Gasteiger partial charge in [0.05, 0.1) is 39.5 Å². The van der Waals surface area contributed by atoms with E-state index in [-0.39, 0.29) is 35.4 Å². The second-order valence-corrected chi connectivity index (χ2v) is 11.6. The summed E-state index contributed by atoms with van der Waals surface area (Å²) >= 11 is 1.06. The highest BCUT2D eigenvalue weighted by Crippen LogP contribution is 2.44. The number of halogens is 2. The summed E-state index contributed by atoms with van der Waals surface area (Å²) in [5.74, 6) is -2.12. The number of hydrogen-bond acceptors (Lipinski definition) is 11. The highest BCUT2D eigenvalue weighted by atomic mass is 32.1. The highest BCUT2D eigenvalue weighted by Gasteiger charge is 2.33. The van der Waals surface area contributed by atoms with Gasteiger partial charge in [0.2, 0.25) is 5.88 Å². The fourth-order valence-corrected chi connectivity index (χ4v) is 6.05. The van der Waals surface area contributed by atoms with Crippen molar-refractivity contribution in [2.24, 2.45) is 0 Å². The van der Waals surface area contributed by atoms with E-state index in [0.29, 0.717) is 34.8 Å². The topological polar surface area (TPSA) is 156 Å². The first-order valence-corrected chi connectivity index (χ1v) is 16.0. The number of aromatic nitrogens is 2. The molecule has 4 amide bonds. The van der Waals surface area contributed by atoms with Gasteiger partial charge in [-0.1, -0.05) is 18.2 Å². The lowest BCUT2D eigenvalue weighted by Crippen LogP contribution is -2.33. The maximum absolute atomic E-state index is 15.0. The van der Waals surface area contributed by atoms with Crippen LogP contribution in [-0.4, -0.2) is 81.3 Å². The van der Waals surface area contributed by atoms with Crippen molar-refractivity contribution in [3.05, 3.63) is 82.9 Å². The monoisotopic (exact) mass is 713 g/mol. The minimum absolute atomic E-state index is 0.0401. The summed E-state index contributed by atoms with van der Waals surface area (Å²) < 4.78 is 45.7. The van der Waals surface area contributed by atoms with Crippen LogP contribution in [0.5, 0.6) is 5.88 Å². The molecule has 14 nitrogen and oxygen atoms in total. The molecule has 0 bridgehead atoms. The van der Waals surface area contributed by atoms with Crippen LogP contribution in [0.2, 0.25) is 0 Å². The second-order valence-electron chi connectivity index (χ2n) is 10.6. The van der Waals surface area contributed by atoms with E-state index >= 15 is 8.78 Å². The molecule has 0 saturated carbocycles. The Morgan fingerprint density at radius 1 is 0.900 bits per heavy atom. The van der Waals surface area contributed by atoms with Gasteiger partial charge in [0.15, 0.2) is 5.82 Å². The summed E-state index contributed by atoms with van der Waals surface area (Å²) in [4.78, 5) is 48.1. The van der Waals surface area contributed by atoms with Crippen LogP contribution < -0.4 is 25.8 Å². The third kappa shape index (κ3) is 9.47. The van der Waals surface area contributed by atoms with E-state index in [2.05, 4.69) is 31.1 Å². The van der Waals surface area contributed by atoms with E-state index in [4.69, 9.17) is 14.2 Å². The number of anilines is 3. The zero-order valence-corrected chi connectivity index (χ0v) is 28.9. The number of ether oxygens (including phenoxy) is 3. The normalized spacial score (nSPS) is 10.9. The number of thiophene rings is 1. The van der Waals surface area contributed by atoms with Crippen molar-refractivity contribution < 1.29 is 42.2 Å². The zero-order valence-electron chi connectivity index (χ0n) is 28.0. The summed E-state index contributed by atoms with van der Waals surface area (Å²) in [6.07, 6.45) is -0.927. The standard InChI is InChI=1S/C33H37F2N7O7S/c1-6-49-33(45)42(19-22-24(34)8-7-9-25(22)35)31-28(30(43)37-26-14-15-27(47-4)39-38-26)23(18-41(2)16-17-46-3)29(50-31)20-10-12-21(13-11-20)36-32(44)40-48-5/h7-15H,6,16-19H2,1-5H3,(H2,36,40,44)(H,37,38,43). The molecule has 0 aliphatic carbocycles. The highest BCUT2D eigenvalue weighted by molar-refractivity contribution is 7.20. The molecule has 2 heterocycles. The summed E-state index contributed by atoms with van der Waals surface area (Å²) in [6.45, 7) is 2.01. The number of carbonyl (C=O) groups is 3. The van der Waals surface area contributed by atoms with E-state index in [1.54, 1.807) is 38.3 Å². The Hall–Kier alpha value is -5.23. The van der Waals surface area contributed by atoms with Gasteiger partial charge in [-0.3, -0.25) is 19.4 Å². The molecule has 0 aliphatic rings. The summed E-state index contributed by atoms with van der Waals surface area (Å²) in [6, 6.07) is 12.5. The first kappa shape index (κ1) is 37.6. The number of hydroxylamine groups is 1. The van der Waals surface area contributed by atoms with Crippen molar-refractivity contribution in [2.75, 3.05) is 63.7 Å². The minimum Gasteiger partial charge on any atom is -0.480 e. The third-order valence-electron chi connectivity index (χ3n) is 7.12. The Morgan fingerprint density at radius 3 is 2.22 bits per heavy atom. The van der Waals surface area contributed by atoms with Crippen LogP contribution in [-0.2, 0) is 27.4 Å². The largest absolute Gasteiger partial charge is 0.480 e. The quantitative estimate of drug-likeness (QED) is 0.131. The fourth-order valence-electron chi connectivity index (χ4n) is 4.75. The SMILES string of the molecule is CCOC(=O)N(Cc1c(F)cccc1F)c1sc(-c2ccc(NC(=O)NOC)cc2)c(CN(C)CCOC)c1C(=O)Nc1ccc(OC)nn1. The molecule has 0 fully saturated rings. The number of nitrogens with zero attached hydrogens (tertiary/aromatic N) is 4. The molecule has 0 atom stereocenters. The average molecular weight is 714 g/mol. The Labute approximate surface area is 291 Å². The van der Waals surface area contributed by atoms with Crippen molar-refractivity contribution in [1.29, 1.82) is 0 Å². The van der Waals surface area contributed by atoms with Gasteiger partial charge in [-0.25, -0.2) is 23.9 Å². The molecule has 4 aromatic rings. The Kier molecular flexibility index (Phi) is 13.5. The molecule has 266 valence electrons. The van der Waals surface area contributed by atoms with Crippen molar-refractivity contribution >= 4 is 45.9 Å². The maximum atomic E-state index is 15.0. The van der Waals surface area contributed by atoms with Gasteiger partial charge in [-0.15, -0.1) is 21.5 Å². The lowest BCUT2D eigenvalue weighted by molar-refractivity contribution is 0.102. The van der Waals surface area contributed by atoms with Gasteiger partial charge >= 0.3 is 12.1 Å². The molecule has 0 radical (unpaired) electrons. The molecular weight excluding hydrogens is 676 g/mol. The molecule has 50 heavy (non-hydrogen) atoms. The molecule has 2 aromatic heterocycles. The molecule has 0 spiro atoms. The molecule has 0 unspecified atom stereocenters. The van der Waals surface area contributed by atoms with Crippen molar-refractivity contribution in [1.82, 2.24) is 20.6 Å². The zero-order chi connectivity index (χ0) is 36.2. The first-order chi connectivity index (χ1) is 24.1. The van der Waals surface area contributed by atoms with Crippen LogP contribution in [0.4, 0.5) is 34.9 Å². The van der Waals surface area contributed by atoms with Gasteiger partial charge in [-0.2, -0.15) is 0 Å². The van der Waals surface area contributed by atoms with Crippen LogP contribution in [0.3, 0.4) is 0 Å². The van der Waals surface area contributed by atoms with Gasteiger partial charge in [0.25, 0.3) is 5.91 Å². The van der Waals surface area contributed by atoms with Crippen LogP contribution >= 0.6 is 11.3 Å². The number of methoxy groups -OCH3 is 2. The number of benzene rings is 2. The lowest BCUT2D eigenvalue weighted by Gasteiger charge is -2.23. The van der Waals surface area contributed by atoms with Crippen LogP contribution in [0, 0.1) is 11.6 Å². The van der Waals surface area contributed by atoms with E-state index in [9.17, 15) is 14.4 Å². The van der Waals surface area contributed by atoms with E-state index in [0.717, 1.165) is 28.4 Å². The number of rotatable bonds is 15. The summed E-state index contributed by atoms with van der Waals surface area (Å²) in [5, 5.41) is 13.3. The number of carbonyl (C=O) groups excluding carboxylic acids is 3. The molecule has 2 aromatic carbocycles. The predicted octanol–water partition coefficient (Wildman–Crippen LogP) is 5.67. The molecule has 3 N–H and O–H groups in total. The van der Waals surface area contributed by atoms with Gasteiger partial charge < -0.3 is 24.8 Å². The van der Waals surface area contributed by atoms with Gasteiger partial charge in [-0.05, 0) is 55.4 Å². The van der Waals surface area contributed by atoms with Gasteiger partial charge in [0.1, 0.15) is 16.6 Å². The van der Waals surface area contributed by atoms with Crippen molar-refractivity contribution in [2.45, 2.75) is 20.0 Å². The second kappa shape index (κ2) is 18.0. The van der Waals surface area contributed by atoms with Crippen molar-refractivity contribution in [3.8, 4) is 16.3 Å². The predicted molar refractivity (Wildman–Crippen MR) is 183 cm³/mol. The third-order valence-corrected chi connectivity index (χ3v) is 8.43. The molecule has 0 saturated heterocycles. The molecule has 4 rings (SSSR count). The maximum Gasteiger partial charge on any atom is 0.415 e. The summed E-state index contributed by atoms with van der Waals surface area (Å²) in [7, 11) is 6.12. The summed E-state index contributed by atoms with van der Waals surface area (Å²) in [5.41, 5.74) is 3.37. The van der Waals surface area contributed by atoms with E-state index in [1.807, 2.05) is 11.9 Å². The smallest absolute Gasteiger partial charge is 0.415 e. The first-order valence-electron chi connectivity index (χ1n) is 15.2. The number of urea groups is 1.